The third kappa shape index (κ3) is 7.36. The van der Waals surface area contributed by atoms with E-state index >= 15 is 0 Å². The van der Waals surface area contributed by atoms with Crippen LogP contribution in [0, 0.1) is 18.8 Å². The van der Waals surface area contributed by atoms with Crippen LogP contribution in [0.4, 0.5) is 5.69 Å². The van der Waals surface area contributed by atoms with Crippen molar-refractivity contribution in [2.75, 3.05) is 37.5 Å². The Balaban J connectivity index is 1.24. The van der Waals surface area contributed by atoms with Gasteiger partial charge in [-0.05, 0) is 111 Å². The van der Waals surface area contributed by atoms with Gasteiger partial charge in [0.25, 0.3) is 5.91 Å². The minimum Gasteiger partial charge on any atom is -0.490 e. The first kappa shape index (κ1) is 34.8. The van der Waals surface area contributed by atoms with E-state index in [0.29, 0.717) is 49.1 Å². The van der Waals surface area contributed by atoms with Gasteiger partial charge in [0.1, 0.15) is 15.7 Å². The molecule has 2 aromatic carbocycles. The summed E-state index contributed by atoms with van der Waals surface area (Å²) in [5, 5.41) is 4.97. The molecule has 10 nitrogen and oxygen atoms in total. The highest BCUT2D eigenvalue weighted by atomic mass is 35.5. The van der Waals surface area contributed by atoms with Gasteiger partial charge >= 0.3 is 0 Å². The van der Waals surface area contributed by atoms with Crippen LogP contribution in [0.1, 0.15) is 72.0 Å². The number of anilines is 1. The summed E-state index contributed by atoms with van der Waals surface area (Å²) in [6.07, 6.45) is 14.0. The monoisotopic (exact) mass is 719 g/mol. The second-order valence-corrected chi connectivity index (χ2v) is 16.9. The largest absolute Gasteiger partial charge is 0.490 e. The lowest BCUT2D eigenvalue weighted by Gasteiger charge is -2.46. The molecule has 4 aliphatic rings. The van der Waals surface area contributed by atoms with Crippen LogP contribution >= 0.6 is 11.6 Å². The van der Waals surface area contributed by atoms with Crippen molar-refractivity contribution in [2.24, 2.45) is 16.2 Å². The number of nitrogens with zero attached hydrogens (tertiary/aromatic N) is 4. The summed E-state index contributed by atoms with van der Waals surface area (Å²) in [6.45, 7) is 4.28. The first-order chi connectivity index (χ1) is 24.1. The first-order valence-corrected chi connectivity index (χ1v) is 19.8. The van der Waals surface area contributed by atoms with E-state index in [1.165, 1.54) is 11.1 Å². The third-order valence-corrected chi connectivity index (χ3v) is 12.9. The summed E-state index contributed by atoms with van der Waals surface area (Å²) in [5.41, 5.74) is 4.42. The lowest BCUT2D eigenvalue weighted by atomic mass is 9.68. The molecular weight excluding hydrogens is 674 g/mol. The van der Waals surface area contributed by atoms with Gasteiger partial charge in [-0.15, -0.1) is 4.36 Å². The normalized spacial score (nSPS) is 28.7. The van der Waals surface area contributed by atoms with Crippen molar-refractivity contribution in [2.45, 2.75) is 76.4 Å². The maximum atomic E-state index is 14.2. The summed E-state index contributed by atoms with van der Waals surface area (Å²) in [6, 6.07) is 11.6. The number of benzene rings is 2. The molecule has 12 heteroatoms. The third-order valence-electron chi connectivity index (χ3n) is 10.9. The molecule has 1 N–H and O–H groups in total. The van der Waals surface area contributed by atoms with E-state index in [9.17, 15) is 13.8 Å². The summed E-state index contributed by atoms with van der Waals surface area (Å²) in [5.74, 6) is 0.444. The lowest BCUT2D eigenvalue weighted by molar-refractivity contribution is -0.119. The Morgan fingerprint density at radius 1 is 1.20 bits per heavy atom. The maximum Gasteiger partial charge on any atom is 0.286 e. The molecule has 0 saturated heterocycles. The first-order valence-electron chi connectivity index (χ1n) is 17.7. The van der Waals surface area contributed by atoms with Crippen LogP contribution in [-0.4, -0.2) is 64.5 Å². The molecule has 1 fully saturated rings. The minimum atomic E-state index is -3.42. The predicted octanol–water partition coefficient (Wildman–Crippen LogP) is 6.44. The van der Waals surface area contributed by atoms with Crippen LogP contribution in [0.5, 0.6) is 5.75 Å². The van der Waals surface area contributed by atoms with Crippen molar-refractivity contribution < 1.29 is 23.3 Å². The van der Waals surface area contributed by atoms with E-state index in [4.69, 9.17) is 21.1 Å². The Hall–Kier alpha value is -3.67. The summed E-state index contributed by atoms with van der Waals surface area (Å²) < 4.78 is 35.4. The van der Waals surface area contributed by atoms with Crippen LogP contribution in [0.25, 0.3) is 0 Å². The molecule has 3 heterocycles. The number of aryl methyl sites for hydroxylation is 3. The number of allylic oxidation sites excluding steroid dienone is 1. The fourth-order valence-electron chi connectivity index (χ4n) is 8.15. The van der Waals surface area contributed by atoms with Crippen molar-refractivity contribution >= 4 is 39.0 Å². The number of fused-ring (bicyclic) bond motifs is 4. The second kappa shape index (κ2) is 14.5. The molecular formula is C38H46ClN5O5S. The molecule has 0 radical (unpaired) electrons. The van der Waals surface area contributed by atoms with Crippen molar-refractivity contribution in [3.8, 4) is 5.75 Å². The SMILES string of the molecule is CO[C@H]1/C=C\CCCS(=O)(NC(=O)CCn2cc(C)cn2)=NC(=O)c2ccc3c(c2)N(C[C@@H]2CC[C@H]21)C[C@@]1(CCCc2cc(Cl)ccc21)CO3. The highest BCUT2D eigenvalue weighted by Gasteiger charge is 2.44. The van der Waals surface area contributed by atoms with E-state index in [1.807, 2.05) is 31.3 Å². The average Bonchev–Trinajstić information content (AvgIpc) is 3.44. The van der Waals surface area contributed by atoms with Gasteiger partial charge in [0, 0.05) is 55.4 Å². The van der Waals surface area contributed by atoms with Crippen LogP contribution in [0.15, 0.2) is 65.3 Å². The fraction of sp³-hybridized carbons (Fsp3) is 0.500. The quantitative estimate of drug-likeness (QED) is 0.302. The number of methoxy groups -OCH3 is 1. The van der Waals surface area contributed by atoms with E-state index < -0.39 is 21.7 Å². The van der Waals surface area contributed by atoms with Gasteiger partial charge in [0.2, 0.25) is 5.91 Å². The Morgan fingerprint density at radius 3 is 2.86 bits per heavy atom. The zero-order valence-corrected chi connectivity index (χ0v) is 30.4. The fourth-order valence-corrected chi connectivity index (χ4v) is 9.97. The molecule has 2 aliphatic heterocycles. The molecule has 50 heavy (non-hydrogen) atoms. The predicted molar refractivity (Wildman–Crippen MR) is 195 cm³/mol. The minimum absolute atomic E-state index is 0.0385. The Labute approximate surface area is 299 Å². The number of carbonyl (C=O) groups is 2. The van der Waals surface area contributed by atoms with Gasteiger partial charge in [-0.2, -0.15) is 5.10 Å². The topological polar surface area (TPSA) is 115 Å². The molecule has 5 atom stereocenters. The van der Waals surface area contributed by atoms with Crippen molar-refractivity contribution in [3.05, 3.63) is 88.2 Å². The Morgan fingerprint density at radius 2 is 2.08 bits per heavy atom. The van der Waals surface area contributed by atoms with Gasteiger partial charge in [0.05, 0.1) is 30.3 Å². The number of carbonyl (C=O) groups excluding carboxylic acids is 2. The van der Waals surface area contributed by atoms with Crippen LogP contribution in [0.2, 0.25) is 5.02 Å². The van der Waals surface area contributed by atoms with Gasteiger partial charge in [-0.3, -0.25) is 19.0 Å². The number of hydrogen-bond donors (Lipinski definition) is 1. The van der Waals surface area contributed by atoms with Gasteiger partial charge in [0.15, 0.2) is 0 Å². The molecule has 1 saturated carbocycles. The van der Waals surface area contributed by atoms with E-state index in [0.717, 1.165) is 61.5 Å². The Bertz CT molecular complexity index is 1920. The molecule has 2 bridgehead atoms. The molecule has 1 spiro atoms. The molecule has 1 unspecified atom stereocenters. The van der Waals surface area contributed by atoms with Gasteiger partial charge in [-0.1, -0.05) is 29.8 Å². The standard InChI is InChI=1S/C38H46ClN5O5S/c1-26-21-40-44(22-26)17-15-36(45)41-50(47)18-5-3-4-8-34(48-2)31-12-9-29(31)23-43-24-38(16-6-7-27-19-30(39)11-13-32(27)38)25-49-35-14-10-28(20-33(35)43)37(46)42-50/h4,8,10-11,13-14,19-22,29,31,34H,3,5-7,9,12,15-18,23-25H2,1-2H3,(H,41,42,45,46,47)/b8-4-/t29-,31+,34-,38-,50?/m0/s1. The molecule has 1 aromatic heterocycles. The zero-order chi connectivity index (χ0) is 34.9. The van der Waals surface area contributed by atoms with Crippen LogP contribution < -0.4 is 14.4 Å². The van der Waals surface area contributed by atoms with Crippen molar-refractivity contribution in [1.82, 2.24) is 14.5 Å². The highest BCUT2D eigenvalue weighted by Crippen LogP contribution is 2.47. The van der Waals surface area contributed by atoms with E-state index in [-0.39, 0.29) is 23.7 Å². The number of nitrogens with one attached hydrogen (secondary N) is 1. The molecule has 2 aliphatic carbocycles. The Kier molecular flexibility index (Phi) is 10.1. The smallest absolute Gasteiger partial charge is 0.286 e. The number of hydrogen-bond acceptors (Lipinski definition) is 7. The lowest BCUT2D eigenvalue weighted by Crippen LogP contribution is -2.49. The summed E-state index contributed by atoms with van der Waals surface area (Å²) in [7, 11) is -1.65. The summed E-state index contributed by atoms with van der Waals surface area (Å²) >= 11 is 6.45. The number of rotatable bonds is 5. The number of ether oxygens (including phenoxy) is 2. The van der Waals surface area contributed by atoms with Crippen molar-refractivity contribution in [1.29, 1.82) is 0 Å². The van der Waals surface area contributed by atoms with Crippen LogP contribution in [-0.2, 0) is 37.8 Å². The average molecular weight is 720 g/mol. The molecule has 2 amide bonds. The number of amides is 2. The number of aromatic nitrogens is 2. The maximum absolute atomic E-state index is 14.2. The molecule has 266 valence electrons. The van der Waals surface area contributed by atoms with Crippen LogP contribution in [0.3, 0.4) is 0 Å². The van der Waals surface area contributed by atoms with Gasteiger partial charge < -0.3 is 14.4 Å². The van der Waals surface area contributed by atoms with Gasteiger partial charge in [-0.25, -0.2) is 4.21 Å². The molecule has 3 aromatic rings. The zero-order valence-electron chi connectivity index (χ0n) is 28.8. The van der Waals surface area contributed by atoms with E-state index in [1.54, 1.807) is 24.1 Å². The van der Waals surface area contributed by atoms with E-state index in [2.05, 4.69) is 43.4 Å². The molecule has 7 rings (SSSR count). The second-order valence-electron chi connectivity index (χ2n) is 14.4. The number of halogens is 1. The highest BCUT2D eigenvalue weighted by molar-refractivity contribution is 7.92. The summed E-state index contributed by atoms with van der Waals surface area (Å²) in [4.78, 5) is 29.3. The van der Waals surface area contributed by atoms with Crippen molar-refractivity contribution in [3.63, 3.8) is 0 Å².